The number of benzene rings is 2. The number of nitrogens with one attached hydrogen (secondary N) is 1. The average Bonchev–Trinajstić information content (AvgIpc) is 3.10. The van der Waals surface area contributed by atoms with Crippen LogP contribution in [0.4, 0.5) is 5.13 Å². The number of carbonyl (C=O) groups is 1. The Labute approximate surface area is 174 Å². The number of carbonyl (C=O) groups excluding carboxylic acids is 1. The Morgan fingerprint density at radius 2 is 1.86 bits per heavy atom. The third kappa shape index (κ3) is 4.42. The van der Waals surface area contributed by atoms with Crippen LogP contribution in [0.1, 0.15) is 31.1 Å². The van der Waals surface area contributed by atoms with Gasteiger partial charge in [0.25, 0.3) is 5.91 Å². The van der Waals surface area contributed by atoms with Crippen LogP contribution in [0.15, 0.2) is 47.4 Å². The fourth-order valence-electron chi connectivity index (χ4n) is 2.93. The first-order chi connectivity index (χ1) is 13.9. The number of rotatable bonds is 8. The van der Waals surface area contributed by atoms with Crippen LogP contribution in [0.5, 0.6) is 5.75 Å². The van der Waals surface area contributed by atoms with Crippen molar-refractivity contribution >= 4 is 42.6 Å². The lowest BCUT2D eigenvalue weighted by Crippen LogP contribution is -2.30. The van der Waals surface area contributed by atoms with E-state index >= 15 is 0 Å². The van der Waals surface area contributed by atoms with Gasteiger partial charge in [0.1, 0.15) is 5.75 Å². The first-order valence-corrected chi connectivity index (χ1v) is 11.6. The number of anilines is 1. The molecule has 0 radical (unpaired) electrons. The second-order valence-electron chi connectivity index (χ2n) is 6.12. The van der Waals surface area contributed by atoms with Crippen LogP contribution in [0.3, 0.4) is 0 Å². The molecule has 29 heavy (non-hydrogen) atoms. The second kappa shape index (κ2) is 8.89. The van der Waals surface area contributed by atoms with Gasteiger partial charge in [-0.15, -0.1) is 0 Å². The lowest BCUT2D eigenvalue weighted by molar-refractivity contribution is 0.102. The molecule has 0 bridgehead atoms. The maximum absolute atomic E-state index is 12.7. The van der Waals surface area contributed by atoms with E-state index in [9.17, 15) is 13.2 Å². The maximum Gasteiger partial charge on any atom is 0.261 e. The molecule has 0 aliphatic carbocycles. The van der Waals surface area contributed by atoms with E-state index < -0.39 is 10.0 Å². The van der Waals surface area contributed by atoms with Gasteiger partial charge in [-0.2, -0.15) is 4.31 Å². The first kappa shape index (κ1) is 21.2. The SMILES string of the molecule is CCOc1ccccc1C(=O)Nc1nc2ccc(S(=O)(=O)N(CC)CC)cc2s1. The number of hydrogen-bond donors (Lipinski definition) is 1. The van der Waals surface area contributed by atoms with E-state index in [1.807, 2.05) is 6.92 Å². The number of thiazole rings is 1. The molecule has 0 aliphatic rings. The molecule has 0 fully saturated rings. The minimum absolute atomic E-state index is 0.219. The quantitative estimate of drug-likeness (QED) is 0.580. The van der Waals surface area contributed by atoms with E-state index in [1.54, 1.807) is 56.3 Å². The fraction of sp³-hybridized carbons (Fsp3) is 0.300. The molecular weight excluding hydrogens is 410 g/mol. The van der Waals surface area contributed by atoms with Crippen LogP contribution in [-0.4, -0.2) is 43.3 Å². The summed E-state index contributed by atoms with van der Waals surface area (Å²) in [6.07, 6.45) is 0. The van der Waals surface area contributed by atoms with Crippen molar-refractivity contribution in [2.45, 2.75) is 25.7 Å². The van der Waals surface area contributed by atoms with E-state index in [1.165, 1.54) is 15.6 Å². The van der Waals surface area contributed by atoms with Crippen LogP contribution >= 0.6 is 11.3 Å². The molecule has 0 spiro atoms. The number of para-hydroxylation sites is 1. The van der Waals surface area contributed by atoms with Crippen molar-refractivity contribution in [2.75, 3.05) is 25.0 Å². The predicted octanol–water partition coefficient (Wildman–Crippen LogP) is 3.98. The molecule has 1 aromatic heterocycles. The van der Waals surface area contributed by atoms with Gasteiger partial charge in [0, 0.05) is 13.1 Å². The van der Waals surface area contributed by atoms with Gasteiger partial charge in [-0.05, 0) is 37.3 Å². The van der Waals surface area contributed by atoms with Crippen molar-refractivity contribution in [1.82, 2.24) is 9.29 Å². The molecule has 154 valence electrons. The van der Waals surface area contributed by atoms with Gasteiger partial charge < -0.3 is 4.74 Å². The Hall–Kier alpha value is -2.49. The summed E-state index contributed by atoms with van der Waals surface area (Å²) in [7, 11) is -3.55. The Bertz CT molecular complexity index is 1120. The van der Waals surface area contributed by atoms with Crippen LogP contribution in [0.25, 0.3) is 10.2 Å². The van der Waals surface area contributed by atoms with Gasteiger partial charge >= 0.3 is 0 Å². The number of hydrogen-bond acceptors (Lipinski definition) is 6. The molecule has 9 heteroatoms. The molecule has 3 rings (SSSR count). The van der Waals surface area contributed by atoms with Crippen LogP contribution in [0, 0.1) is 0 Å². The number of sulfonamides is 1. The normalized spacial score (nSPS) is 11.7. The van der Waals surface area contributed by atoms with Crippen molar-refractivity contribution in [1.29, 1.82) is 0 Å². The summed E-state index contributed by atoms with van der Waals surface area (Å²) in [4.78, 5) is 17.3. The van der Waals surface area contributed by atoms with Gasteiger partial charge in [-0.3, -0.25) is 10.1 Å². The summed E-state index contributed by atoms with van der Waals surface area (Å²) in [6, 6.07) is 11.8. The summed E-state index contributed by atoms with van der Waals surface area (Å²) < 4.78 is 33.1. The highest BCUT2D eigenvalue weighted by Crippen LogP contribution is 2.30. The molecule has 0 unspecified atom stereocenters. The Morgan fingerprint density at radius 1 is 1.14 bits per heavy atom. The van der Waals surface area contributed by atoms with Crippen molar-refractivity contribution in [3.8, 4) is 5.75 Å². The van der Waals surface area contributed by atoms with Gasteiger partial charge in [0.2, 0.25) is 10.0 Å². The zero-order chi connectivity index (χ0) is 21.0. The van der Waals surface area contributed by atoms with Crippen molar-refractivity contribution in [2.24, 2.45) is 0 Å². The lowest BCUT2D eigenvalue weighted by Gasteiger charge is -2.18. The summed E-state index contributed by atoms with van der Waals surface area (Å²) in [5, 5.41) is 3.18. The standard InChI is InChI=1S/C20H23N3O4S2/c1-4-23(5-2)29(25,26)14-11-12-16-18(13-14)28-20(21-16)22-19(24)15-9-7-8-10-17(15)27-6-3/h7-13H,4-6H2,1-3H3,(H,21,22,24). The zero-order valence-electron chi connectivity index (χ0n) is 16.5. The molecular formula is C20H23N3O4S2. The molecule has 2 aromatic carbocycles. The number of fused-ring (bicyclic) bond motifs is 1. The number of aromatic nitrogens is 1. The van der Waals surface area contributed by atoms with Crippen molar-refractivity contribution < 1.29 is 17.9 Å². The van der Waals surface area contributed by atoms with Gasteiger partial charge in [0.15, 0.2) is 5.13 Å². The van der Waals surface area contributed by atoms with E-state index in [0.717, 1.165) is 0 Å². The molecule has 1 heterocycles. The largest absolute Gasteiger partial charge is 0.493 e. The van der Waals surface area contributed by atoms with Crippen LogP contribution in [-0.2, 0) is 10.0 Å². The third-order valence-corrected chi connectivity index (χ3v) is 7.33. The minimum atomic E-state index is -3.55. The second-order valence-corrected chi connectivity index (χ2v) is 9.09. The number of amides is 1. The molecule has 0 aliphatic heterocycles. The summed E-state index contributed by atoms with van der Waals surface area (Å²) in [6.45, 7) is 6.72. The Morgan fingerprint density at radius 3 is 2.55 bits per heavy atom. The molecule has 0 atom stereocenters. The number of ether oxygens (including phenoxy) is 1. The van der Waals surface area contributed by atoms with Crippen LogP contribution in [0.2, 0.25) is 0 Å². The van der Waals surface area contributed by atoms with E-state index in [-0.39, 0.29) is 10.8 Å². The van der Waals surface area contributed by atoms with Crippen molar-refractivity contribution in [3.05, 3.63) is 48.0 Å². The monoisotopic (exact) mass is 433 g/mol. The highest BCUT2D eigenvalue weighted by atomic mass is 32.2. The highest BCUT2D eigenvalue weighted by molar-refractivity contribution is 7.89. The minimum Gasteiger partial charge on any atom is -0.493 e. The van der Waals surface area contributed by atoms with E-state index in [4.69, 9.17) is 4.74 Å². The molecule has 0 saturated heterocycles. The molecule has 1 N–H and O–H groups in total. The molecule has 0 saturated carbocycles. The number of nitrogens with zero attached hydrogens (tertiary/aromatic N) is 2. The maximum atomic E-state index is 12.7. The lowest BCUT2D eigenvalue weighted by atomic mass is 10.2. The first-order valence-electron chi connectivity index (χ1n) is 9.34. The summed E-state index contributed by atoms with van der Waals surface area (Å²) in [5.41, 5.74) is 1.04. The van der Waals surface area contributed by atoms with Gasteiger partial charge in [-0.25, -0.2) is 13.4 Å². The smallest absolute Gasteiger partial charge is 0.261 e. The van der Waals surface area contributed by atoms with Gasteiger partial charge in [0.05, 0.1) is 27.3 Å². The van der Waals surface area contributed by atoms with E-state index in [2.05, 4.69) is 10.3 Å². The highest BCUT2D eigenvalue weighted by Gasteiger charge is 2.22. The Kier molecular flexibility index (Phi) is 6.51. The van der Waals surface area contributed by atoms with Gasteiger partial charge in [-0.1, -0.05) is 37.3 Å². The summed E-state index contributed by atoms with van der Waals surface area (Å²) >= 11 is 1.23. The van der Waals surface area contributed by atoms with Crippen molar-refractivity contribution in [3.63, 3.8) is 0 Å². The fourth-order valence-corrected chi connectivity index (χ4v) is 5.39. The topological polar surface area (TPSA) is 88.6 Å². The average molecular weight is 434 g/mol. The predicted molar refractivity (Wildman–Crippen MR) is 115 cm³/mol. The third-order valence-electron chi connectivity index (χ3n) is 4.36. The molecule has 1 amide bonds. The molecule has 3 aromatic rings. The molecule has 7 nitrogen and oxygen atoms in total. The van der Waals surface area contributed by atoms with Crippen LogP contribution < -0.4 is 10.1 Å². The zero-order valence-corrected chi connectivity index (χ0v) is 18.1. The Balaban J connectivity index is 1.88. The van der Waals surface area contributed by atoms with E-state index in [0.29, 0.717) is 46.4 Å². The summed E-state index contributed by atoms with van der Waals surface area (Å²) in [5.74, 6) is 0.172.